The average molecular weight is 1370 g/mol. The molecule has 12 heteroatoms. The summed E-state index contributed by atoms with van der Waals surface area (Å²) in [5.74, 6) is 3.04. The predicted octanol–water partition coefficient (Wildman–Crippen LogP) is 22.8. The van der Waals surface area contributed by atoms with E-state index in [0.717, 1.165) is 66.8 Å². The van der Waals surface area contributed by atoms with E-state index in [0.29, 0.717) is 34.6 Å². The first-order valence-electron chi connectivity index (χ1n) is 33.5. The molecule has 0 saturated carbocycles. The van der Waals surface area contributed by atoms with E-state index >= 15 is 0 Å². The molecule has 102 heavy (non-hydrogen) atoms. The number of halogens is 1. The molecule has 0 saturated heterocycles. The van der Waals surface area contributed by atoms with E-state index < -0.39 is 7.12 Å². The van der Waals surface area contributed by atoms with Crippen LogP contribution in [0.1, 0.15) is 0 Å². The lowest BCUT2D eigenvalue weighted by atomic mass is 9.80. The van der Waals surface area contributed by atoms with Gasteiger partial charge in [0, 0.05) is 68.2 Å². The zero-order valence-corrected chi connectivity index (χ0v) is 57.2. The topological polar surface area (TPSA) is 118 Å². The second-order valence-electron chi connectivity index (χ2n) is 24.4. The molecule has 14 aromatic carbocycles. The van der Waals surface area contributed by atoms with Gasteiger partial charge in [-0.3, -0.25) is 0 Å². The van der Waals surface area contributed by atoms with Crippen LogP contribution in [0.5, 0.6) is 0 Å². The zero-order valence-electron chi connectivity index (χ0n) is 54.8. The molecular formula is C90H60BClN6O2S2. The van der Waals surface area contributed by atoms with Gasteiger partial charge in [0.1, 0.15) is 0 Å². The molecule has 18 rings (SSSR count). The van der Waals surface area contributed by atoms with Crippen molar-refractivity contribution in [1.29, 1.82) is 0 Å². The number of hydrogen-bond acceptors (Lipinski definition) is 10. The Bertz CT molecular complexity index is 5970. The molecule has 18 aromatic rings. The molecule has 0 aliphatic rings. The maximum atomic E-state index is 9.21. The van der Waals surface area contributed by atoms with E-state index in [1.807, 2.05) is 108 Å². The number of benzene rings is 14. The van der Waals surface area contributed by atoms with Crippen molar-refractivity contribution in [3.05, 3.63) is 357 Å². The van der Waals surface area contributed by atoms with Crippen molar-refractivity contribution in [2.45, 2.75) is 0 Å². The molecular weight excluding hydrogens is 1310 g/mol. The Morgan fingerprint density at radius 1 is 0.216 bits per heavy atom. The quantitative estimate of drug-likeness (QED) is 0.116. The highest BCUT2D eigenvalue weighted by Gasteiger charge is 2.20. The third kappa shape index (κ3) is 13.7. The lowest BCUT2D eigenvalue weighted by Gasteiger charge is -2.12. The van der Waals surface area contributed by atoms with Crippen LogP contribution in [-0.2, 0) is 0 Å². The second kappa shape index (κ2) is 29.3. The molecule has 2 N–H and O–H groups in total. The van der Waals surface area contributed by atoms with Crippen LogP contribution in [0.25, 0.3) is 164 Å². The highest BCUT2D eigenvalue weighted by atomic mass is 35.5. The number of hydrogen-bond donors (Lipinski definition) is 2. The van der Waals surface area contributed by atoms with Crippen LogP contribution in [0, 0.1) is 0 Å². The minimum atomic E-state index is -1.42. The summed E-state index contributed by atoms with van der Waals surface area (Å²) in [6.07, 6.45) is 0. The van der Waals surface area contributed by atoms with Crippen molar-refractivity contribution in [3.63, 3.8) is 0 Å². The van der Waals surface area contributed by atoms with Gasteiger partial charge in [-0.15, -0.1) is 22.7 Å². The van der Waals surface area contributed by atoms with Crippen molar-refractivity contribution in [2.75, 3.05) is 0 Å². The maximum Gasteiger partial charge on any atom is 0.488 e. The summed E-state index contributed by atoms with van der Waals surface area (Å²) in [6.45, 7) is 0. The third-order valence-electron chi connectivity index (χ3n) is 18.0. The van der Waals surface area contributed by atoms with Crippen molar-refractivity contribution in [2.24, 2.45) is 0 Å². The molecule has 4 aromatic heterocycles. The van der Waals surface area contributed by atoms with Crippen LogP contribution >= 0.6 is 34.3 Å². The fraction of sp³-hybridized carbons (Fsp3) is 0. The number of fused-ring (bicyclic) bond motifs is 6. The van der Waals surface area contributed by atoms with Crippen LogP contribution in [0.3, 0.4) is 0 Å². The predicted molar refractivity (Wildman–Crippen MR) is 427 cm³/mol. The van der Waals surface area contributed by atoms with Crippen LogP contribution in [0.2, 0.25) is 5.28 Å². The SMILES string of the molecule is Clc1nc(-c2ccc(-c3ccccc3)cc2)nc(-c2ccccc2-c2ccccc2)n1.OB(O)c1ccc(-c2cccc3c2sc2ccccc23)cc1.c1ccc(-c2ccc(-c3nc(-c4ccc(-c5cccc6c5sc5ccccc56)cc4)nc(-c4ccccc4-c4ccccc4)n3)cc2)cc1. The van der Waals surface area contributed by atoms with Crippen molar-refractivity contribution in [3.8, 4) is 124 Å². The van der Waals surface area contributed by atoms with Gasteiger partial charge < -0.3 is 10.0 Å². The molecule has 0 spiro atoms. The minimum absolute atomic E-state index is 0.176. The van der Waals surface area contributed by atoms with Gasteiger partial charge >= 0.3 is 7.12 Å². The Morgan fingerprint density at radius 2 is 0.480 bits per heavy atom. The fourth-order valence-electron chi connectivity index (χ4n) is 12.9. The average Bonchev–Trinajstić information content (AvgIpc) is 1.67. The van der Waals surface area contributed by atoms with E-state index in [9.17, 15) is 10.0 Å². The Balaban J connectivity index is 0.000000129. The van der Waals surface area contributed by atoms with E-state index in [1.54, 1.807) is 23.5 Å². The molecule has 0 unspecified atom stereocenters. The monoisotopic (exact) mass is 1370 g/mol. The van der Waals surface area contributed by atoms with Gasteiger partial charge in [0.05, 0.1) is 0 Å². The van der Waals surface area contributed by atoms with Crippen LogP contribution < -0.4 is 5.46 Å². The number of rotatable bonds is 12. The molecule has 484 valence electrons. The highest BCUT2D eigenvalue weighted by Crippen LogP contribution is 2.43. The molecule has 8 nitrogen and oxygen atoms in total. The number of nitrogens with zero attached hydrogens (tertiary/aromatic N) is 6. The standard InChI is InChI=1S/C45H29N3S.C27H18ClN3.C18H13BO2S/c1-3-12-30(13-4-1)31-22-26-34(27-23-31)43-46-44(48-45(47-43)40-18-8-7-16-36(40)32-14-5-2-6-15-32)35-28-24-33(25-29-35)37-19-11-20-39-38-17-9-10-21-41(38)49-42(37)39;28-27-30-25(22-17-15-20(16-18-22)19-9-3-1-4-10-19)29-26(31-27)24-14-8-7-13-23(24)21-11-5-2-6-12-21;20-19(21)13-10-8-12(9-11-13)14-5-3-6-16-15-4-1-2-7-17(15)22-18(14)16/h1-29H;1-18H;1-11,20-21H. The van der Waals surface area contributed by atoms with Gasteiger partial charge in [0.25, 0.3) is 0 Å². The zero-order chi connectivity index (χ0) is 68.7. The summed E-state index contributed by atoms with van der Waals surface area (Å²) in [5, 5.41) is 23.7. The molecule has 4 heterocycles. The van der Waals surface area contributed by atoms with Crippen molar-refractivity contribution < 1.29 is 10.0 Å². The normalized spacial score (nSPS) is 11.1. The third-order valence-corrected chi connectivity index (χ3v) is 20.6. The smallest absolute Gasteiger partial charge is 0.423 e. The summed E-state index contributed by atoms with van der Waals surface area (Å²) in [4.78, 5) is 28.8. The second-order valence-corrected chi connectivity index (χ2v) is 26.8. The Morgan fingerprint density at radius 3 is 0.892 bits per heavy atom. The summed E-state index contributed by atoms with van der Waals surface area (Å²) >= 11 is 9.96. The van der Waals surface area contributed by atoms with Gasteiger partial charge in [-0.25, -0.2) is 19.9 Å². The first-order valence-corrected chi connectivity index (χ1v) is 35.5. The first-order chi connectivity index (χ1) is 50.3. The van der Waals surface area contributed by atoms with Crippen molar-refractivity contribution >= 4 is 87.2 Å². The summed E-state index contributed by atoms with van der Waals surface area (Å²) in [6, 6.07) is 120. The lowest BCUT2D eigenvalue weighted by Crippen LogP contribution is -2.29. The Labute approximate surface area is 603 Å². The van der Waals surface area contributed by atoms with E-state index in [1.165, 1.54) is 68.2 Å². The number of thiophene rings is 2. The Kier molecular flexibility index (Phi) is 18.5. The molecule has 0 radical (unpaired) electrons. The van der Waals surface area contributed by atoms with Gasteiger partial charge in [-0.05, 0) is 96.0 Å². The van der Waals surface area contributed by atoms with Crippen LogP contribution in [-0.4, -0.2) is 47.1 Å². The number of aromatic nitrogens is 6. The molecule has 0 fully saturated rings. The molecule has 0 amide bonds. The molecule has 0 aliphatic heterocycles. The molecule has 0 atom stereocenters. The van der Waals surface area contributed by atoms with E-state index in [2.05, 4.69) is 253 Å². The van der Waals surface area contributed by atoms with Crippen LogP contribution in [0.4, 0.5) is 0 Å². The first kappa shape index (κ1) is 64.5. The van der Waals surface area contributed by atoms with Crippen molar-refractivity contribution in [1.82, 2.24) is 29.9 Å². The highest BCUT2D eigenvalue weighted by molar-refractivity contribution is 7.26. The summed E-state index contributed by atoms with van der Waals surface area (Å²) in [5.41, 5.74) is 18.8. The fourth-order valence-corrected chi connectivity index (χ4v) is 15.6. The lowest BCUT2D eigenvalue weighted by molar-refractivity contribution is 0.426. The minimum Gasteiger partial charge on any atom is -0.423 e. The van der Waals surface area contributed by atoms with Gasteiger partial charge in [0.15, 0.2) is 29.1 Å². The van der Waals surface area contributed by atoms with E-state index in [4.69, 9.17) is 31.5 Å². The van der Waals surface area contributed by atoms with Gasteiger partial charge in [0.2, 0.25) is 5.28 Å². The molecule has 0 bridgehead atoms. The Hall–Kier alpha value is -12.2. The van der Waals surface area contributed by atoms with Gasteiger partial charge in [-0.1, -0.05) is 340 Å². The van der Waals surface area contributed by atoms with Gasteiger partial charge in [-0.2, -0.15) is 9.97 Å². The molecule has 0 aliphatic carbocycles. The summed E-state index contributed by atoms with van der Waals surface area (Å²) in [7, 11) is -1.42. The summed E-state index contributed by atoms with van der Waals surface area (Å²) < 4.78 is 5.16. The maximum absolute atomic E-state index is 9.21. The van der Waals surface area contributed by atoms with E-state index in [-0.39, 0.29) is 5.28 Å². The van der Waals surface area contributed by atoms with Crippen LogP contribution in [0.15, 0.2) is 352 Å². The largest absolute Gasteiger partial charge is 0.488 e.